The Bertz CT molecular complexity index is 952. The predicted octanol–water partition coefficient (Wildman–Crippen LogP) is 3.25. The summed E-state index contributed by atoms with van der Waals surface area (Å²) in [5, 5.41) is 8.22. The molecule has 2 aromatic carbocycles. The summed E-state index contributed by atoms with van der Waals surface area (Å²) < 4.78 is 61.8. The highest BCUT2D eigenvalue weighted by Crippen LogP contribution is 2.22. The van der Waals surface area contributed by atoms with Crippen LogP contribution in [0.3, 0.4) is 0 Å². The van der Waals surface area contributed by atoms with Crippen molar-refractivity contribution in [2.75, 3.05) is 5.43 Å². The number of primary sulfonamides is 1. The molecule has 0 aliphatic rings. The third kappa shape index (κ3) is 5.90. The molecule has 3 N–H and O–H groups in total. The minimum absolute atomic E-state index is 0.104. The number of carbonyl (C=O) groups is 1. The number of benzene rings is 2. The molecule has 0 heterocycles. The molecule has 144 valence electrons. The first kappa shape index (κ1) is 20.6. The molecule has 10 heteroatoms. The molecule has 0 saturated carbocycles. The summed E-state index contributed by atoms with van der Waals surface area (Å²) >= 11 is 0. The van der Waals surface area contributed by atoms with Crippen molar-refractivity contribution < 1.29 is 26.4 Å². The van der Waals surface area contributed by atoms with E-state index >= 15 is 0 Å². The van der Waals surface area contributed by atoms with Gasteiger partial charge in [0.1, 0.15) is 5.71 Å². The van der Waals surface area contributed by atoms with Crippen LogP contribution in [-0.2, 0) is 10.0 Å². The van der Waals surface area contributed by atoms with E-state index in [9.17, 15) is 26.4 Å². The lowest BCUT2D eigenvalue weighted by atomic mass is 10.0. The molecule has 0 aliphatic heterocycles. The van der Waals surface area contributed by atoms with Crippen LogP contribution in [0.2, 0.25) is 0 Å². The van der Waals surface area contributed by atoms with Crippen LogP contribution in [0.25, 0.3) is 0 Å². The number of alkyl halides is 3. The number of nitrogens with zero attached hydrogens (tertiary/aromatic N) is 1. The molecule has 0 unspecified atom stereocenters. The number of carbonyl (C=O) groups excluding carboxylic acids is 1. The molecule has 6 nitrogen and oxygen atoms in total. The molecule has 0 saturated heterocycles. The number of Topliss-reactive ketones (excluding diaryl/α,β-unsaturated/α-hetero) is 1. The van der Waals surface area contributed by atoms with Gasteiger partial charge in [-0.15, -0.1) is 0 Å². The highest BCUT2D eigenvalue weighted by atomic mass is 32.2. The zero-order valence-corrected chi connectivity index (χ0v) is 14.9. The number of sulfonamides is 1. The van der Waals surface area contributed by atoms with Crippen molar-refractivity contribution in [3.8, 4) is 0 Å². The first-order chi connectivity index (χ1) is 12.5. The number of rotatable bonds is 6. The van der Waals surface area contributed by atoms with Gasteiger partial charge in [-0.1, -0.05) is 29.8 Å². The van der Waals surface area contributed by atoms with Gasteiger partial charge in [-0.3, -0.25) is 10.2 Å². The first-order valence-corrected chi connectivity index (χ1v) is 9.14. The Morgan fingerprint density at radius 3 is 2.11 bits per heavy atom. The van der Waals surface area contributed by atoms with Crippen LogP contribution in [0, 0.1) is 6.92 Å². The fourth-order valence-corrected chi connectivity index (χ4v) is 2.56. The Morgan fingerprint density at radius 1 is 1.07 bits per heavy atom. The second kappa shape index (κ2) is 7.89. The van der Waals surface area contributed by atoms with Gasteiger partial charge in [0.2, 0.25) is 10.0 Å². The van der Waals surface area contributed by atoms with Gasteiger partial charge in [-0.2, -0.15) is 18.3 Å². The van der Waals surface area contributed by atoms with Crippen molar-refractivity contribution in [2.45, 2.75) is 24.4 Å². The molecular formula is C17H16F3N3O3S. The first-order valence-electron chi connectivity index (χ1n) is 7.59. The van der Waals surface area contributed by atoms with Gasteiger partial charge in [0, 0.05) is 5.56 Å². The number of anilines is 1. The highest BCUT2D eigenvalue weighted by Gasteiger charge is 2.37. The number of ketones is 1. The summed E-state index contributed by atoms with van der Waals surface area (Å²) in [6.45, 7) is 1.79. The third-order valence-electron chi connectivity index (χ3n) is 3.53. The summed E-state index contributed by atoms with van der Waals surface area (Å²) in [5.74, 6) is -0.725. The standard InChI is InChI=1S/C17H16F3N3O3S/c1-11-2-4-12(5-3-11)15(24)10-16(17(18,19)20)23-22-13-6-8-14(9-7-13)27(21,25)26/h2-9,22H,10H2,1H3,(H2,21,25,26)/b23-16+. The number of hydrogen-bond donors (Lipinski definition) is 2. The summed E-state index contributed by atoms with van der Waals surface area (Å²) in [6, 6.07) is 10.8. The molecule has 27 heavy (non-hydrogen) atoms. The van der Waals surface area contributed by atoms with Crippen LogP contribution in [0.15, 0.2) is 58.5 Å². The average Bonchev–Trinajstić information content (AvgIpc) is 2.57. The number of nitrogens with two attached hydrogens (primary N) is 1. The SMILES string of the molecule is Cc1ccc(C(=O)C/C(=N\Nc2ccc(S(N)(=O)=O)cc2)C(F)(F)F)cc1. The summed E-state index contributed by atoms with van der Waals surface area (Å²) in [5.41, 5.74) is 2.00. The average molecular weight is 399 g/mol. The fraction of sp³-hybridized carbons (Fsp3) is 0.176. The molecule has 0 atom stereocenters. The fourth-order valence-electron chi connectivity index (χ4n) is 2.05. The number of aryl methyl sites for hydroxylation is 1. The number of hydrazone groups is 1. The number of hydrogen-bond acceptors (Lipinski definition) is 5. The largest absolute Gasteiger partial charge is 0.431 e. The van der Waals surface area contributed by atoms with E-state index in [0.29, 0.717) is 0 Å². The second-order valence-electron chi connectivity index (χ2n) is 5.70. The van der Waals surface area contributed by atoms with Gasteiger partial charge in [0.25, 0.3) is 0 Å². The maximum Gasteiger partial charge on any atom is 0.431 e. The minimum Gasteiger partial charge on any atom is -0.294 e. The van der Waals surface area contributed by atoms with Crippen LogP contribution >= 0.6 is 0 Å². The lowest BCUT2D eigenvalue weighted by molar-refractivity contribution is -0.0602. The molecule has 0 bridgehead atoms. The smallest absolute Gasteiger partial charge is 0.294 e. The summed E-state index contributed by atoms with van der Waals surface area (Å²) in [6.07, 6.45) is -5.75. The Morgan fingerprint density at radius 2 is 1.63 bits per heavy atom. The molecule has 0 radical (unpaired) electrons. The minimum atomic E-state index is -4.81. The summed E-state index contributed by atoms with van der Waals surface area (Å²) in [4.78, 5) is 11.9. The van der Waals surface area contributed by atoms with Crippen LogP contribution in [0.4, 0.5) is 18.9 Å². The van der Waals surface area contributed by atoms with Gasteiger partial charge in [0.15, 0.2) is 5.78 Å². The van der Waals surface area contributed by atoms with Crippen molar-refractivity contribution in [2.24, 2.45) is 10.2 Å². The molecule has 0 aromatic heterocycles. The quantitative estimate of drug-likeness (QED) is 0.442. The zero-order valence-electron chi connectivity index (χ0n) is 14.1. The van der Waals surface area contributed by atoms with Gasteiger partial charge in [0.05, 0.1) is 17.0 Å². The maximum absolute atomic E-state index is 13.2. The normalized spacial score (nSPS) is 12.7. The molecule has 0 aliphatic carbocycles. The van der Waals surface area contributed by atoms with Crippen molar-refractivity contribution in [3.63, 3.8) is 0 Å². The monoisotopic (exact) mass is 399 g/mol. The van der Waals surface area contributed by atoms with E-state index < -0.39 is 34.1 Å². The number of halogens is 3. The van der Waals surface area contributed by atoms with E-state index in [1.165, 1.54) is 24.3 Å². The van der Waals surface area contributed by atoms with Crippen LogP contribution in [0.5, 0.6) is 0 Å². The van der Waals surface area contributed by atoms with Crippen molar-refractivity contribution in [1.82, 2.24) is 0 Å². The van der Waals surface area contributed by atoms with Crippen LogP contribution in [0.1, 0.15) is 22.3 Å². The van der Waals surface area contributed by atoms with Crippen molar-refractivity contribution in [3.05, 3.63) is 59.7 Å². The van der Waals surface area contributed by atoms with Gasteiger partial charge in [-0.05, 0) is 31.2 Å². The third-order valence-corrected chi connectivity index (χ3v) is 4.46. The molecule has 0 spiro atoms. The van der Waals surface area contributed by atoms with E-state index in [4.69, 9.17) is 5.14 Å². The van der Waals surface area contributed by atoms with Gasteiger partial charge >= 0.3 is 6.18 Å². The Kier molecular flexibility index (Phi) is 6.01. The van der Waals surface area contributed by atoms with Crippen molar-refractivity contribution in [1.29, 1.82) is 0 Å². The molecular weight excluding hydrogens is 383 g/mol. The van der Waals surface area contributed by atoms with E-state index in [1.807, 2.05) is 0 Å². The lowest BCUT2D eigenvalue weighted by Gasteiger charge is -2.11. The lowest BCUT2D eigenvalue weighted by Crippen LogP contribution is -2.27. The Balaban J connectivity index is 2.18. The number of nitrogens with one attached hydrogen (secondary N) is 1. The zero-order chi connectivity index (χ0) is 20.2. The van der Waals surface area contributed by atoms with Crippen LogP contribution < -0.4 is 10.6 Å². The van der Waals surface area contributed by atoms with E-state index in [0.717, 1.165) is 17.7 Å². The molecule has 2 rings (SSSR count). The van der Waals surface area contributed by atoms with Crippen molar-refractivity contribution >= 4 is 27.2 Å². The predicted molar refractivity (Wildman–Crippen MR) is 95.1 cm³/mol. The second-order valence-corrected chi connectivity index (χ2v) is 7.26. The topological polar surface area (TPSA) is 102 Å². The molecule has 0 fully saturated rings. The van der Waals surface area contributed by atoms with E-state index in [-0.39, 0.29) is 16.1 Å². The Labute approximate surface area is 153 Å². The molecule has 0 amide bonds. The maximum atomic E-state index is 13.2. The van der Waals surface area contributed by atoms with E-state index in [1.54, 1.807) is 19.1 Å². The van der Waals surface area contributed by atoms with Crippen LogP contribution in [-0.4, -0.2) is 26.1 Å². The molecule has 2 aromatic rings. The highest BCUT2D eigenvalue weighted by molar-refractivity contribution is 7.89. The van der Waals surface area contributed by atoms with Gasteiger partial charge in [-0.25, -0.2) is 13.6 Å². The Hall–Kier alpha value is -2.72. The summed E-state index contributed by atoms with van der Waals surface area (Å²) in [7, 11) is -3.91. The van der Waals surface area contributed by atoms with E-state index in [2.05, 4.69) is 10.5 Å². The van der Waals surface area contributed by atoms with Gasteiger partial charge < -0.3 is 0 Å².